The second kappa shape index (κ2) is 7.26. The van der Waals surface area contributed by atoms with Gasteiger partial charge in [0.25, 0.3) is 5.56 Å². The van der Waals surface area contributed by atoms with Crippen LogP contribution < -0.4 is 10.3 Å². The first-order chi connectivity index (χ1) is 12.7. The van der Waals surface area contributed by atoms with E-state index in [1.807, 2.05) is 35.0 Å². The summed E-state index contributed by atoms with van der Waals surface area (Å²) in [6.45, 7) is 2.05. The van der Waals surface area contributed by atoms with Crippen LogP contribution in [0, 0.1) is 6.92 Å². The minimum Gasteiger partial charge on any atom is -0.496 e. The van der Waals surface area contributed by atoms with Crippen LogP contribution in [-0.4, -0.2) is 17.1 Å². The fourth-order valence-electron chi connectivity index (χ4n) is 2.78. The van der Waals surface area contributed by atoms with Crippen molar-refractivity contribution in [2.45, 2.75) is 17.8 Å². The van der Waals surface area contributed by atoms with E-state index >= 15 is 0 Å². The Balaban J connectivity index is 1.65. The normalized spacial score (nSPS) is 11.2. The van der Waals surface area contributed by atoms with Crippen molar-refractivity contribution in [3.05, 3.63) is 62.6 Å². The number of thiophene rings is 2. The van der Waals surface area contributed by atoms with Gasteiger partial charge in [0.15, 0.2) is 5.16 Å². The van der Waals surface area contributed by atoms with Crippen molar-refractivity contribution in [2.75, 3.05) is 7.11 Å². The molecule has 0 saturated heterocycles. The van der Waals surface area contributed by atoms with Gasteiger partial charge in [-0.25, -0.2) is 4.98 Å². The first kappa shape index (κ1) is 17.3. The summed E-state index contributed by atoms with van der Waals surface area (Å²) < 4.78 is 5.42. The number of rotatable bonds is 5. The molecule has 0 saturated carbocycles. The molecule has 1 aromatic carbocycles. The third-order valence-corrected chi connectivity index (χ3v) is 6.71. The zero-order valence-electron chi connectivity index (χ0n) is 14.2. The monoisotopic (exact) mass is 400 g/mol. The maximum absolute atomic E-state index is 12.6. The lowest BCUT2D eigenvalue weighted by Gasteiger charge is -2.09. The van der Waals surface area contributed by atoms with Crippen LogP contribution in [0.5, 0.6) is 5.75 Å². The Hall–Kier alpha value is -2.09. The Kier molecular flexibility index (Phi) is 4.84. The number of thioether (sulfide) groups is 1. The van der Waals surface area contributed by atoms with E-state index in [9.17, 15) is 4.79 Å². The summed E-state index contributed by atoms with van der Waals surface area (Å²) in [5.41, 5.74) is 3.15. The molecular weight excluding hydrogens is 384 g/mol. The quantitative estimate of drug-likeness (QED) is 0.364. The van der Waals surface area contributed by atoms with Crippen molar-refractivity contribution in [3.63, 3.8) is 0 Å². The van der Waals surface area contributed by atoms with Crippen LogP contribution in [0.4, 0.5) is 0 Å². The van der Waals surface area contributed by atoms with Crippen LogP contribution in [0.15, 0.2) is 51.0 Å². The van der Waals surface area contributed by atoms with E-state index < -0.39 is 0 Å². The van der Waals surface area contributed by atoms with Gasteiger partial charge in [-0.1, -0.05) is 35.5 Å². The van der Waals surface area contributed by atoms with Crippen molar-refractivity contribution >= 4 is 44.7 Å². The minimum absolute atomic E-state index is 0.0849. The molecule has 3 heterocycles. The van der Waals surface area contributed by atoms with E-state index in [0.29, 0.717) is 16.3 Å². The number of hydrogen-bond donors (Lipinski definition) is 1. The van der Waals surface area contributed by atoms with Gasteiger partial charge in [-0.05, 0) is 24.4 Å². The van der Waals surface area contributed by atoms with Gasteiger partial charge >= 0.3 is 0 Å². The van der Waals surface area contributed by atoms with Gasteiger partial charge in [-0.2, -0.15) is 0 Å². The van der Waals surface area contributed by atoms with Gasteiger partial charge in [0.2, 0.25) is 0 Å². The number of nitrogens with zero attached hydrogens (tertiary/aromatic N) is 1. The molecule has 0 atom stereocenters. The SMILES string of the molecule is COc1ccc(C)cc1CSc1nc2scc(-c3cccs3)c2c(=O)[nH]1. The van der Waals surface area contributed by atoms with Crippen molar-refractivity contribution < 1.29 is 4.74 Å². The predicted molar refractivity (Wildman–Crippen MR) is 111 cm³/mol. The molecule has 0 fully saturated rings. The van der Waals surface area contributed by atoms with Gasteiger partial charge in [-0.15, -0.1) is 22.7 Å². The van der Waals surface area contributed by atoms with E-state index in [1.165, 1.54) is 28.7 Å². The topological polar surface area (TPSA) is 55.0 Å². The number of aryl methyl sites for hydroxylation is 1. The summed E-state index contributed by atoms with van der Waals surface area (Å²) in [4.78, 5) is 22.1. The maximum atomic E-state index is 12.6. The largest absolute Gasteiger partial charge is 0.496 e. The minimum atomic E-state index is -0.0849. The van der Waals surface area contributed by atoms with Gasteiger partial charge in [-0.3, -0.25) is 4.79 Å². The fraction of sp³-hybridized carbons (Fsp3) is 0.158. The highest BCUT2D eigenvalue weighted by Gasteiger charge is 2.14. The van der Waals surface area contributed by atoms with Gasteiger partial charge < -0.3 is 9.72 Å². The highest BCUT2D eigenvalue weighted by atomic mass is 32.2. The molecule has 1 N–H and O–H groups in total. The van der Waals surface area contributed by atoms with Crippen LogP contribution in [0.1, 0.15) is 11.1 Å². The smallest absolute Gasteiger partial charge is 0.260 e. The van der Waals surface area contributed by atoms with E-state index in [2.05, 4.69) is 23.0 Å². The number of ether oxygens (including phenoxy) is 1. The molecule has 0 bridgehead atoms. The second-order valence-corrected chi connectivity index (χ2v) is 8.55. The molecular formula is C19H16N2O2S3. The van der Waals surface area contributed by atoms with Crippen molar-refractivity contribution in [1.82, 2.24) is 9.97 Å². The molecule has 0 unspecified atom stereocenters. The van der Waals surface area contributed by atoms with E-state index in [1.54, 1.807) is 18.4 Å². The summed E-state index contributed by atoms with van der Waals surface area (Å²) >= 11 is 4.65. The fourth-order valence-corrected chi connectivity index (χ4v) is 5.44. The highest BCUT2D eigenvalue weighted by Crippen LogP contribution is 2.34. The molecule has 0 aliphatic rings. The maximum Gasteiger partial charge on any atom is 0.260 e. The zero-order valence-corrected chi connectivity index (χ0v) is 16.7. The molecule has 4 rings (SSSR count). The van der Waals surface area contributed by atoms with Crippen LogP contribution in [0.25, 0.3) is 20.7 Å². The molecule has 0 amide bonds. The van der Waals surface area contributed by atoms with Crippen molar-refractivity contribution in [2.24, 2.45) is 0 Å². The van der Waals surface area contributed by atoms with E-state index in [4.69, 9.17) is 4.74 Å². The summed E-state index contributed by atoms with van der Waals surface area (Å²) in [5, 5.41) is 5.33. The number of hydrogen-bond acceptors (Lipinski definition) is 6. The Bertz CT molecular complexity index is 1110. The average molecular weight is 401 g/mol. The average Bonchev–Trinajstić information content (AvgIpc) is 3.29. The van der Waals surface area contributed by atoms with Crippen LogP contribution in [0.2, 0.25) is 0 Å². The molecule has 0 aliphatic heterocycles. The van der Waals surface area contributed by atoms with Crippen LogP contribution in [0.3, 0.4) is 0 Å². The number of aromatic amines is 1. The Morgan fingerprint density at radius 3 is 2.92 bits per heavy atom. The molecule has 0 radical (unpaired) electrons. The number of benzene rings is 1. The lowest BCUT2D eigenvalue weighted by molar-refractivity contribution is 0.411. The molecule has 3 aromatic heterocycles. The highest BCUT2D eigenvalue weighted by molar-refractivity contribution is 7.98. The number of nitrogens with one attached hydrogen (secondary N) is 1. The zero-order chi connectivity index (χ0) is 18.1. The lowest BCUT2D eigenvalue weighted by Crippen LogP contribution is -2.08. The van der Waals surface area contributed by atoms with Crippen LogP contribution >= 0.6 is 34.4 Å². The van der Waals surface area contributed by atoms with Crippen molar-refractivity contribution in [1.29, 1.82) is 0 Å². The summed E-state index contributed by atoms with van der Waals surface area (Å²) in [6, 6.07) is 10.1. The molecule has 7 heteroatoms. The predicted octanol–water partition coefficient (Wildman–Crippen LogP) is 5.32. The third-order valence-electron chi connectivity index (χ3n) is 4.01. The van der Waals surface area contributed by atoms with Gasteiger partial charge in [0, 0.05) is 27.1 Å². The molecule has 0 spiro atoms. The van der Waals surface area contributed by atoms with E-state index in [-0.39, 0.29) is 5.56 Å². The lowest BCUT2D eigenvalue weighted by atomic mass is 10.1. The standard InChI is InChI=1S/C19H16N2O2S3/c1-11-5-6-14(23-2)12(8-11)9-26-19-20-17(22)16-13(10-25-18(16)21-19)15-4-3-7-24-15/h3-8,10H,9H2,1-2H3,(H,20,21,22). The Morgan fingerprint density at radius 2 is 2.15 bits per heavy atom. The number of methoxy groups -OCH3 is 1. The van der Waals surface area contributed by atoms with Gasteiger partial charge in [0.05, 0.1) is 12.5 Å². The Morgan fingerprint density at radius 1 is 1.27 bits per heavy atom. The van der Waals surface area contributed by atoms with Crippen molar-refractivity contribution in [3.8, 4) is 16.2 Å². The molecule has 4 nitrogen and oxygen atoms in total. The summed E-state index contributed by atoms with van der Waals surface area (Å²) in [5.74, 6) is 1.53. The second-order valence-electron chi connectivity index (χ2n) is 5.78. The van der Waals surface area contributed by atoms with Gasteiger partial charge in [0.1, 0.15) is 10.6 Å². The van der Waals surface area contributed by atoms with E-state index in [0.717, 1.165) is 26.6 Å². The number of H-pyrrole nitrogens is 1. The Labute approximate surface area is 162 Å². The summed E-state index contributed by atoms with van der Waals surface area (Å²) in [7, 11) is 1.67. The molecule has 132 valence electrons. The molecule has 0 aliphatic carbocycles. The molecule has 4 aromatic rings. The first-order valence-electron chi connectivity index (χ1n) is 7.97. The summed E-state index contributed by atoms with van der Waals surface area (Å²) in [6.07, 6.45) is 0. The molecule has 26 heavy (non-hydrogen) atoms. The number of aromatic nitrogens is 2. The van der Waals surface area contributed by atoms with Crippen LogP contribution in [-0.2, 0) is 5.75 Å². The number of fused-ring (bicyclic) bond motifs is 1. The first-order valence-corrected chi connectivity index (χ1v) is 10.7. The third kappa shape index (κ3) is 3.30.